The topological polar surface area (TPSA) is 51.3 Å². The molecule has 0 saturated heterocycles. The van der Waals surface area contributed by atoms with Gasteiger partial charge in [0.05, 0.1) is 11.2 Å². The van der Waals surface area contributed by atoms with Crippen LogP contribution >= 0.6 is 0 Å². The molecule has 0 unspecified atom stereocenters. The Kier molecular flexibility index (Phi) is 5.47. The van der Waals surface area contributed by atoms with Crippen molar-refractivity contribution < 1.29 is 0 Å². The Hall–Kier alpha value is -2.94. The van der Waals surface area contributed by atoms with Crippen molar-refractivity contribution in [1.82, 2.24) is 4.98 Å². The van der Waals surface area contributed by atoms with Gasteiger partial charge >= 0.3 is 0 Å². The third kappa shape index (κ3) is 3.99. The van der Waals surface area contributed by atoms with Crippen molar-refractivity contribution in [3.05, 3.63) is 82.7 Å². The fraction of sp³-hybridized carbons (Fsp3) is 0.217. The first kappa shape index (κ1) is 17.9. The fourth-order valence-electron chi connectivity index (χ4n) is 3.29. The van der Waals surface area contributed by atoms with E-state index in [0.29, 0.717) is 0 Å². The Balaban J connectivity index is 1.92. The van der Waals surface area contributed by atoms with Gasteiger partial charge in [-0.15, -0.1) is 0 Å². The standard InChI is InChI=1S/C23H25N3/c1-4-22-19(15-20-13-16(2)12-17(3)23(20)26-22)14-18-6-8-21(9-7-18)25-11-5-10-24/h5-13,15H,4,14,24H2,1-3H3. The van der Waals surface area contributed by atoms with Crippen molar-refractivity contribution in [3.63, 3.8) is 0 Å². The molecule has 0 amide bonds. The summed E-state index contributed by atoms with van der Waals surface area (Å²) in [5.41, 5.74) is 13.6. The molecular formula is C23H25N3. The number of nitrogens with two attached hydrogens (primary N) is 1. The van der Waals surface area contributed by atoms with Crippen LogP contribution in [0.4, 0.5) is 5.69 Å². The number of pyridine rings is 1. The lowest BCUT2D eigenvalue weighted by atomic mass is 9.98. The minimum atomic E-state index is 0.881. The zero-order chi connectivity index (χ0) is 18.5. The van der Waals surface area contributed by atoms with Gasteiger partial charge in [-0.2, -0.15) is 0 Å². The molecule has 0 atom stereocenters. The van der Waals surface area contributed by atoms with E-state index in [-0.39, 0.29) is 0 Å². The molecule has 0 bridgehead atoms. The van der Waals surface area contributed by atoms with Gasteiger partial charge in [-0.3, -0.25) is 9.98 Å². The first-order valence-electron chi connectivity index (χ1n) is 9.00. The summed E-state index contributed by atoms with van der Waals surface area (Å²) in [6.45, 7) is 6.45. The summed E-state index contributed by atoms with van der Waals surface area (Å²) in [5.74, 6) is 0. The van der Waals surface area contributed by atoms with Gasteiger partial charge in [0.2, 0.25) is 0 Å². The van der Waals surface area contributed by atoms with Gasteiger partial charge in [0, 0.05) is 17.3 Å². The van der Waals surface area contributed by atoms with Crippen LogP contribution < -0.4 is 5.73 Å². The van der Waals surface area contributed by atoms with E-state index in [4.69, 9.17) is 10.7 Å². The van der Waals surface area contributed by atoms with Crippen LogP contribution in [0.5, 0.6) is 0 Å². The van der Waals surface area contributed by atoms with Gasteiger partial charge < -0.3 is 5.73 Å². The maximum Gasteiger partial charge on any atom is 0.0734 e. The van der Waals surface area contributed by atoms with Crippen LogP contribution in [0.2, 0.25) is 0 Å². The Bertz CT molecular complexity index is 967. The molecule has 1 heterocycles. The maximum atomic E-state index is 5.31. The first-order valence-corrected chi connectivity index (χ1v) is 9.00. The molecule has 0 fully saturated rings. The number of hydrogen-bond acceptors (Lipinski definition) is 3. The molecule has 3 heteroatoms. The largest absolute Gasteiger partial charge is 0.405 e. The number of hydrogen-bond donors (Lipinski definition) is 1. The molecule has 3 nitrogen and oxygen atoms in total. The highest BCUT2D eigenvalue weighted by atomic mass is 14.7. The Morgan fingerprint density at radius 1 is 1.08 bits per heavy atom. The average molecular weight is 343 g/mol. The second kappa shape index (κ2) is 7.96. The van der Waals surface area contributed by atoms with E-state index in [1.165, 1.54) is 39.5 Å². The molecule has 0 aliphatic heterocycles. The van der Waals surface area contributed by atoms with E-state index < -0.39 is 0 Å². The lowest BCUT2D eigenvalue weighted by molar-refractivity contribution is 0.995. The number of benzene rings is 2. The van der Waals surface area contributed by atoms with E-state index in [1.807, 2.05) is 12.1 Å². The highest BCUT2D eigenvalue weighted by Crippen LogP contribution is 2.24. The molecule has 132 valence electrons. The van der Waals surface area contributed by atoms with E-state index in [1.54, 1.807) is 12.3 Å². The van der Waals surface area contributed by atoms with Crippen molar-refractivity contribution in [2.75, 3.05) is 0 Å². The highest BCUT2D eigenvalue weighted by Gasteiger charge is 2.09. The lowest BCUT2D eigenvalue weighted by Crippen LogP contribution is -2.00. The first-order chi connectivity index (χ1) is 12.6. The monoisotopic (exact) mass is 343 g/mol. The fourth-order valence-corrected chi connectivity index (χ4v) is 3.29. The van der Waals surface area contributed by atoms with Crippen molar-refractivity contribution in [2.24, 2.45) is 10.7 Å². The third-order valence-electron chi connectivity index (χ3n) is 4.51. The lowest BCUT2D eigenvalue weighted by Gasteiger charge is -2.12. The van der Waals surface area contributed by atoms with Crippen LogP contribution in [0, 0.1) is 13.8 Å². The predicted octanol–water partition coefficient (Wildman–Crippen LogP) is 5.18. The molecule has 0 spiro atoms. The van der Waals surface area contributed by atoms with Crippen molar-refractivity contribution in [2.45, 2.75) is 33.6 Å². The molecule has 3 rings (SSSR count). The smallest absolute Gasteiger partial charge is 0.0734 e. The van der Waals surface area contributed by atoms with E-state index in [9.17, 15) is 0 Å². The molecule has 0 aliphatic rings. The predicted molar refractivity (Wildman–Crippen MR) is 111 cm³/mol. The average Bonchev–Trinajstić information content (AvgIpc) is 2.63. The minimum absolute atomic E-state index is 0.881. The molecule has 2 N–H and O–H groups in total. The number of fused-ring (bicyclic) bond motifs is 1. The van der Waals surface area contributed by atoms with Crippen molar-refractivity contribution >= 4 is 22.8 Å². The molecule has 2 aromatic carbocycles. The molecular weight excluding hydrogens is 318 g/mol. The Morgan fingerprint density at radius 3 is 2.54 bits per heavy atom. The third-order valence-corrected chi connectivity index (χ3v) is 4.51. The zero-order valence-electron chi connectivity index (χ0n) is 15.7. The zero-order valence-corrected chi connectivity index (χ0v) is 15.7. The number of allylic oxidation sites excluding steroid dienone is 1. The van der Waals surface area contributed by atoms with E-state index in [0.717, 1.165) is 24.0 Å². The molecule has 0 aliphatic carbocycles. The van der Waals surface area contributed by atoms with Crippen LogP contribution in [-0.4, -0.2) is 11.2 Å². The van der Waals surface area contributed by atoms with E-state index in [2.05, 4.69) is 56.1 Å². The molecule has 0 saturated carbocycles. The number of aliphatic imine (C=N–C) groups is 1. The summed E-state index contributed by atoms with van der Waals surface area (Å²) >= 11 is 0. The quantitative estimate of drug-likeness (QED) is 0.649. The summed E-state index contributed by atoms with van der Waals surface area (Å²) in [4.78, 5) is 9.29. The molecule has 3 aromatic rings. The summed E-state index contributed by atoms with van der Waals surface area (Å²) in [5, 5.41) is 1.23. The van der Waals surface area contributed by atoms with Crippen molar-refractivity contribution in [3.8, 4) is 0 Å². The van der Waals surface area contributed by atoms with Gasteiger partial charge in [0.15, 0.2) is 0 Å². The minimum Gasteiger partial charge on any atom is -0.405 e. The van der Waals surface area contributed by atoms with Crippen LogP contribution in [0.3, 0.4) is 0 Å². The van der Waals surface area contributed by atoms with Crippen LogP contribution in [-0.2, 0) is 12.8 Å². The highest BCUT2D eigenvalue weighted by molar-refractivity contribution is 5.83. The van der Waals surface area contributed by atoms with Gasteiger partial charge in [0.1, 0.15) is 0 Å². The van der Waals surface area contributed by atoms with Gasteiger partial charge in [0.25, 0.3) is 0 Å². The molecule has 1 aromatic heterocycles. The van der Waals surface area contributed by atoms with E-state index >= 15 is 0 Å². The normalized spacial score (nSPS) is 11.8. The van der Waals surface area contributed by atoms with Crippen LogP contribution in [0.25, 0.3) is 10.9 Å². The Morgan fingerprint density at radius 2 is 1.85 bits per heavy atom. The number of aryl methyl sites for hydroxylation is 3. The summed E-state index contributed by atoms with van der Waals surface area (Å²) in [6.07, 6.45) is 6.70. The summed E-state index contributed by atoms with van der Waals surface area (Å²) in [7, 11) is 0. The maximum absolute atomic E-state index is 5.31. The van der Waals surface area contributed by atoms with Crippen molar-refractivity contribution in [1.29, 1.82) is 0 Å². The van der Waals surface area contributed by atoms with Crippen LogP contribution in [0.15, 0.2) is 59.7 Å². The molecule has 26 heavy (non-hydrogen) atoms. The SMILES string of the molecule is CCc1nc2c(C)cc(C)cc2cc1Cc1ccc(N=CC=CN)cc1. The van der Waals surface area contributed by atoms with Gasteiger partial charge in [-0.25, -0.2) is 0 Å². The number of aromatic nitrogens is 1. The number of rotatable bonds is 5. The Labute approximate surface area is 155 Å². The summed E-state index contributed by atoms with van der Waals surface area (Å²) in [6, 6.07) is 15.1. The van der Waals surface area contributed by atoms with Gasteiger partial charge in [-0.1, -0.05) is 30.7 Å². The van der Waals surface area contributed by atoms with Crippen LogP contribution in [0.1, 0.15) is 34.9 Å². The molecule has 0 radical (unpaired) electrons. The summed E-state index contributed by atoms with van der Waals surface area (Å²) < 4.78 is 0. The van der Waals surface area contributed by atoms with Gasteiger partial charge in [-0.05, 0) is 79.9 Å². The second-order valence-electron chi connectivity index (χ2n) is 6.61. The second-order valence-corrected chi connectivity index (χ2v) is 6.61. The number of nitrogens with zero attached hydrogens (tertiary/aromatic N) is 2.